The zero-order chi connectivity index (χ0) is 70.1. The van der Waals surface area contributed by atoms with Crippen LogP contribution in [0.4, 0.5) is 0 Å². The van der Waals surface area contributed by atoms with Crippen LogP contribution in [0.2, 0.25) is 0 Å². The molecule has 2 aromatic rings. The van der Waals surface area contributed by atoms with E-state index in [4.69, 9.17) is 59.2 Å². The van der Waals surface area contributed by atoms with Crippen LogP contribution in [0.25, 0.3) is 5.57 Å². The van der Waals surface area contributed by atoms with Gasteiger partial charge < -0.3 is 0 Å². The molecular weight excluding hydrogens is 1140 g/mol. The quantitative estimate of drug-likeness (QED) is 0.0458. The molecule has 0 radical (unpaired) electrons. The molecule has 2 fully saturated rings. The first-order valence-electron chi connectivity index (χ1n) is 37.9. The van der Waals surface area contributed by atoms with Gasteiger partial charge in [0.05, 0.1) is 0 Å². The van der Waals surface area contributed by atoms with Crippen molar-refractivity contribution in [1.29, 1.82) is 0 Å². The number of aryl methyl sites for hydroxylation is 1. The second-order valence-electron chi connectivity index (χ2n) is 32.0. The third kappa shape index (κ3) is 25.9. The highest BCUT2D eigenvalue weighted by Crippen LogP contribution is 2.51. The number of benzene rings is 2. The zero-order valence-corrected chi connectivity index (χ0v) is 62.9. The molecule has 0 bridgehead atoms. The van der Waals surface area contributed by atoms with E-state index in [0.29, 0.717) is 65.1 Å². The van der Waals surface area contributed by atoms with Crippen LogP contribution >= 0.6 is 0 Å². The molecule has 518 valence electrons. The van der Waals surface area contributed by atoms with Gasteiger partial charge in [-0.15, -0.1) is 26.3 Å². The molecule has 95 heavy (non-hydrogen) atoms. The van der Waals surface area contributed by atoms with E-state index >= 15 is 0 Å². The Hall–Kier alpha value is -5.72. The maximum absolute atomic E-state index is 5.17. The van der Waals surface area contributed by atoms with Crippen LogP contribution in [0.15, 0.2) is 237 Å². The second-order valence-corrected chi connectivity index (χ2v) is 32.0. The zero-order valence-electron chi connectivity index (χ0n) is 62.9. The van der Waals surface area contributed by atoms with Gasteiger partial charge in [0.2, 0.25) is 0 Å². The van der Waals surface area contributed by atoms with Gasteiger partial charge >= 0.3 is 0 Å². The first-order chi connectivity index (χ1) is 45.1. The van der Waals surface area contributed by atoms with Crippen molar-refractivity contribution < 1.29 is 0 Å². The normalized spacial score (nSPS) is 18.9. The van der Waals surface area contributed by atoms with E-state index in [-0.39, 0.29) is 5.92 Å². The van der Waals surface area contributed by atoms with E-state index in [1.54, 1.807) is 0 Å². The lowest BCUT2D eigenvalue weighted by Crippen LogP contribution is -2.24. The van der Waals surface area contributed by atoms with Crippen molar-refractivity contribution >= 4 is 5.57 Å². The number of hydrogen-bond donors (Lipinski definition) is 0. The largest absolute Gasteiger partial charge is 0.100 e. The van der Waals surface area contributed by atoms with E-state index < -0.39 is 0 Å². The van der Waals surface area contributed by atoms with Gasteiger partial charge in [0.15, 0.2) is 0 Å². The summed E-state index contributed by atoms with van der Waals surface area (Å²) in [5, 5.41) is 0. The molecule has 0 heteroatoms. The summed E-state index contributed by atoms with van der Waals surface area (Å²) in [7, 11) is 0. The lowest BCUT2D eigenvalue weighted by Gasteiger charge is -2.35. The Kier molecular flexibility index (Phi) is 33.9. The molecule has 0 nitrogen and oxygen atoms in total. The lowest BCUT2D eigenvalue weighted by atomic mass is 9.70. The summed E-state index contributed by atoms with van der Waals surface area (Å²) in [6.45, 7) is 91.5. The van der Waals surface area contributed by atoms with Crippen LogP contribution in [-0.4, -0.2) is 0 Å². The Morgan fingerprint density at radius 1 is 0.432 bits per heavy atom. The van der Waals surface area contributed by atoms with Crippen molar-refractivity contribution in [3.63, 3.8) is 0 Å². The molecule has 0 N–H and O–H groups in total. The molecule has 2 aromatic carbocycles. The topological polar surface area (TPSA) is 0 Å². The van der Waals surface area contributed by atoms with E-state index in [0.717, 1.165) is 148 Å². The van der Waals surface area contributed by atoms with E-state index in [9.17, 15) is 0 Å². The van der Waals surface area contributed by atoms with Crippen LogP contribution < -0.4 is 0 Å². The van der Waals surface area contributed by atoms with E-state index in [2.05, 4.69) is 156 Å². The van der Waals surface area contributed by atoms with Gasteiger partial charge in [-0.05, 0) is 288 Å². The fourth-order valence-electron chi connectivity index (χ4n) is 16.8. The number of rotatable bonds is 49. The molecule has 0 aliphatic heterocycles. The Morgan fingerprint density at radius 3 is 1.49 bits per heavy atom. The maximum Gasteiger partial charge on any atom is -0.00854 e. The minimum absolute atomic E-state index is 0.271. The Morgan fingerprint density at radius 2 is 0.926 bits per heavy atom. The first-order valence-corrected chi connectivity index (χ1v) is 37.9. The first kappa shape index (κ1) is 80.0. The summed E-state index contributed by atoms with van der Waals surface area (Å²) in [5.41, 5.74) is 26.9. The number of hydrogen-bond acceptors (Lipinski definition) is 0. The van der Waals surface area contributed by atoms with Gasteiger partial charge in [-0.1, -0.05) is 276 Å². The third-order valence-corrected chi connectivity index (χ3v) is 23.0. The molecule has 0 saturated heterocycles. The molecule has 0 aromatic heterocycles. The number of allylic oxidation sites excluding steroid dienone is 17. The van der Waals surface area contributed by atoms with Gasteiger partial charge in [-0.2, -0.15) is 0 Å². The van der Waals surface area contributed by atoms with Crippen LogP contribution in [0.1, 0.15) is 257 Å². The van der Waals surface area contributed by atoms with Gasteiger partial charge in [-0.3, -0.25) is 0 Å². The predicted octanol–water partition coefficient (Wildman–Crippen LogP) is 29.0. The molecule has 0 spiro atoms. The van der Waals surface area contributed by atoms with Crippen molar-refractivity contribution in [3.05, 3.63) is 259 Å². The molecule has 3 aliphatic carbocycles. The van der Waals surface area contributed by atoms with Gasteiger partial charge in [0.25, 0.3) is 0 Å². The van der Waals surface area contributed by atoms with E-state index in [1.807, 2.05) is 0 Å². The van der Waals surface area contributed by atoms with Crippen molar-refractivity contribution in [3.8, 4) is 0 Å². The summed E-state index contributed by atoms with van der Waals surface area (Å²) in [6, 6.07) is 18.2. The number of fused-ring (bicyclic) bond motifs is 1. The average Bonchev–Trinajstić information content (AvgIpc) is 1.76. The fraction of sp³-hybridized carbons (Fsp3) is 0.537. The molecular formula is C95H138. The Labute approximate surface area is 587 Å². The van der Waals surface area contributed by atoms with Crippen LogP contribution in [0.3, 0.4) is 0 Å². The van der Waals surface area contributed by atoms with Crippen LogP contribution in [0, 0.1) is 77.9 Å². The summed E-state index contributed by atoms with van der Waals surface area (Å²) in [6.07, 6.45) is 34.3. The lowest BCUT2D eigenvalue weighted by molar-refractivity contribution is 0.371. The molecule has 0 amide bonds. The van der Waals surface area contributed by atoms with Crippen molar-refractivity contribution in [2.24, 2.45) is 71.0 Å². The number of unbranched alkanes of at least 4 members (excludes halogenated alkanes) is 2. The van der Waals surface area contributed by atoms with Gasteiger partial charge in [0, 0.05) is 0 Å². The average molecular weight is 1280 g/mol. The Bertz CT molecular complexity index is 3080. The van der Waals surface area contributed by atoms with Crippen molar-refractivity contribution in [1.82, 2.24) is 0 Å². The van der Waals surface area contributed by atoms with E-state index in [1.165, 1.54) is 156 Å². The molecule has 2 saturated carbocycles. The smallest absolute Gasteiger partial charge is 0.00854 e. The minimum Gasteiger partial charge on any atom is -0.100 e. The van der Waals surface area contributed by atoms with Gasteiger partial charge in [0.1, 0.15) is 0 Å². The molecule has 0 heterocycles. The summed E-state index contributed by atoms with van der Waals surface area (Å²) in [5.74, 6) is 4.45. The monoisotopic (exact) mass is 1280 g/mol. The second kappa shape index (κ2) is 40.2. The van der Waals surface area contributed by atoms with Crippen LogP contribution in [-0.2, 0) is 12.8 Å². The highest BCUT2D eigenvalue weighted by Gasteiger charge is 2.39. The van der Waals surface area contributed by atoms with Gasteiger partial charge in [-0.25, -0.2) is 0 Å². The fourth-order valence-corrected chi connectivity index (χ4v) is 16.8. The predicted molar refractivity (Wildman–Crippen MR) is 427 cm³/mol. The van der Waals surface area contributed by atoms with Crippen molar-refractivity contribution in [2.75, 3.05) is 0 Å². The molecule has 11 atom stereocenters. The molecule has 3 aliphatic rings. The summed E-state index contributed by atoms with van der Waals surface area (Å²) < 4.78 is 0. The summed E-state index contributed by atoms with van der Waals surface area (Å²) >= 11 is 0. The summed E-state index contributed by atoms with van der Waals surface area (Å²) in [4.78, 5) is 0. The molecule has 4 unspecified atom stereocenters. The maximum atomic E-state index is 5.17. The minimum atomic E-state index is 0.271. The van der Waals surface area contributed by atoms with Crippen molar-refractivity contribution in [2.45, 2.75) is 255 Å². The van der Waals surface area contributed by atoms with Crippen LogP contribution in [0.5, 0.6) is 0 Å². The third-order valence-electron chi connectivity index (χ3n) is 23.0. The highest BCUT2D eigenvalue weighted by molar-refractivity contribution is 5.73. The standard InChI is InChI=1S/C95H138/c1-25-27-28-34-84(57-74(18)87(54-66(7)8)63-86-53-52-83-33-29-30-35-94(83)86)73(17)56-82(26-2)75(19)61-95(68(11)12)78(22)60-89(62-81-49-46-71(15)47-50-81)80(24)93-39-32-37-91(93)77(21)59-88(55-67(9)10)79(23)92-38-31-36-90(92)76(20)58-85(51-41-65(5)6)72(16)48-45-70(14)44-43-69(13)42-40-64(3)4/h29-30,33,35,46-47,49-50,53,68,82,84-85,87-93,95H,3,5,7,9,13-14,16-28,31-32,34,36-45,48,51-52,54-63H2,1-2,4,6,8,10-12,15H3/t82?,84-,85-,87+,88-,89+,90?,91+,92?,93?,95+/m1/s1. The molecule has 5 rings (SSSR count). The Balaban J connectivity index is 1.29. The highest BCUT2D eigenvalue weighted by atomic mass is 14.4. The SMILES string of the molecule is C=C(C)CCC(=C)CCC(=C)CCC(=C)[C@H](CCC(=C)C)CC(=C)C1CCCC1C(=C)[C@H](CC(=C)C)CC(=C)[C@@H]1CCCC1C(=C)[C@@H](CC(=C)[C@@H](CC(=C)C(CC)CC(=C)[C@H](CCCCC)CC(=C)[C@@H](CC(=C)C)CC1=CCc2ccccc21)C(C)C)Cc1ccc(C)cc1.